The number of rotatable bonds is 0. The predicted octanol–water partition coefficient (Wildman–Crippen LogP) is -3.58. The molecule has 0 aromatic rings. The van der Waals surface area contributed by atoms with Gasteiger partial charge in [-0.15, -0.1) is 0 Å². The quantitative estimate of drug-likeness (QED) is 0.256. The number of hydrogen-bond acceptors (Lipinski definition) is 2. The van der Waals surface area contributed by atoms with Crippen LogP contribution < -0.4 is 23.8 Å². The molecular formula is HFLiO3P. The maximum atomic E-state index is 10.2. The molecule has 1 N–H and O–H groups in total. The zero-order chi connectivity index (χ0) is 4.50. The van der Waals surface area contributed by atoms with Gasteiger partial charge in [-0.25, -0.2) is 0 Å². The van der Waals surface area contributed by atoms with E-state index in [-0.39, 0.29) is 18.9 Å². The average Bonchev–Trinajstić information content (AvgIpc) is 0.722. The minimum atomic E-state index is -5.39. The molecule has 6 heavy (non-hydrogen) atoms. The SMILES string of the molecule is O=P([O-])(O)F.[Li+]. The standard InChI is InChI=1S/FH2O3P.Li/c1-5(2,3)4;/h(H2,2,3,4);/q;+1/p-1. The molecule has 0 radical (unpaired) electrons. The van der Waals surface area contributed by atoms with Gasteiger partial charge in [0.25, 0.3) is 0 Å². The molecule has 0 rings (SSSR count). The molecule has 32 valence electrons. The molecule has 0 aliphatic rings. The van der Waals surface area contributed by atoms with Crippen molar-refractivity contribution in [2.24, 2.45) is 0 Å². The summed E-state index contributed by atoms with van der Waals surface area (Å²) in [5.74, 6) is 0. The van der Waals surface area contributed by atoms with Crippen LogP contribution in [-0.4, -0.2) is 4.89 Å². The largest absolute Gasteiger partial charge is 1.00 e. The molecule has 0 bridgehead atoms. The second-order valence-corrected chi connectivity index (χ2v) is 1.35. The van der Waals surface area contributed by atoms with Crippen molar-refractivity contribution in [2.45, 2.75) is 0 Å². The number of halogens is 1. The third kappa shape index (κ3) is 138. The Hall–Kier alpha value is 0.677. The Kier molecular flexibility index (Phi) is 4.57. The van der Waals surface area contributed by atoms with Crippen molar-refractivity contribution in [2.75, 3.05) is 0 Å². The van der Waals surface area contributed by atoms with Crippen LogP contribution in [0.3, 0.4) is 0 Å². The summed E-state index contributed by atoms with van der Waals surface area (Å²) in [6.07, 6.45) is 0. The van der Waals surface area contributed by atoms with E-state index >= 15 is 0 Å². The maximum absolute atomic E-state index is 10.2. The molecule has 0 saturated heterocycles. The monoisotopic (exact) mass is 106 g/mol. The van der Waals surface area contributed by atoms with Gasteiger partial charge in [0.1, 0.15) is 0 Å². The Morgan fingerprint density at radius 2 is 1.83 bits per heavy atom. The fourth-order valence-corrected chi connectivity index (χ4v) is 0. The van der Waals surface area contributed by atoms with Gasteiger partial charge in [-0.1, -0.05) is 0 Å². The molecule has 0 amide bonds. The molecule has 1 unspecified atom stereocenters. The van der Waals surface area contributed by atoms with E-state index in [1.165, 1.54) is 0 Å². The molecule has 0 aromatic heterocycles. The van der Waals surface area contributed by atoms with Gasteiger partial charge in [-0.05, 0) is 0 Å². The predicted molar refractivity (Wildman–Crippen MR) is 10.9 cm³/mol. The van der Waals surface area contributed by atoms with Crippen LogP contribution >= 0.6 is 7.91 Å². The molecule has 0 saturated carbocycles. The summed E-state index contributed by atoms with van der Waals surface area (Å²) >= 11 is 0. The Labute approximate surface area is 46.0 Å². The minimum absolute atomic E-state index is 0. The van der Waals surface area contributed by atoms with Crippen molar-refractivity contribution in [3.05, 3.63) is 0 Å². The molecule has 1 atom stereocenters. The summed E-state index contributed by atoms with van der Waals surface area (Å²) in [6.45, 7) is 0. The first kappa shape index (κ1) is 9.84. The summed E-state index contributed by atoms with van der Waals surface area (Å²) in [6, 6.07) is 0. The Bertz CT molecular complexity index is 56.9. The molecule has 3 nitrogen and oxygen atoms in total. The maximum Gasteiger partial charge on any atom is 1.00 e. The molecule has 0 fully saturated rings. The van der Waals surface area contributed by atoms with E-state index in [2.05, 4.69) is 0 Å². The second-order valence-electron chi connectivity index (χ2n) is 0.451. The fraction of sp³-hybridized carbons (Fsp3) is 0. The van der Waals surface area contributed by atoms with Crippen LogP contribution in [0.5, 0.6) is 0 Å². The van der Waals surface area contributed by atoms with Gasteiger partial charge < -0.3 is 9.79 Å². The van der Waals surface area contributed by atoms with E-state index in [0.717, 1.165) is 0 Å². The van der Waals surface area contributed by atoms with Crippen molar-refractivity contribution in [3.8, 4) is 0 Å². The van der Waals surface area contributed by atoms with Gasteiger partial charge in [-0.2, -0.15) is 4.20 Å². The van der Waals surface area contributed by atoms with Gasteiger partial charge >= 0.3 is 26.8 Å². The van der Waals surface area contributed by atoms with E-state index in [1.807, 2.05) is 0 Å². The van der Waals surface area contributed by atoms with Crippen molar-refractivity contribution in [1.82, 2.24) is 0 Å². The minimum Gasteiger partial charge on any atom is -0.753 e. The van der Waals surface area contributed by atoms with Crippen molar-refractivity contribution >= 4 is 7.91 Å². The summed E-state index contributed by atoms with van der Waals surface area (Å²) in [7, 11) is -5.39. The average molecular weight is 106 g/mol. The third-order valence-electron chi connectivity index (χ3n) is 0. The fourth-order valence-electron chi connectivity index (χ4n) is 0. The number of hydrogen-bond donors (Lipinski definition) is 1. The van der Waals surface area contributed by atoms with Crippen molar-refractivity contribution in [1.29, 1.82) is 0 Å². The zero-order valence-electron chi connectivity index (χ0n) is 3.09. The van der Waals surface area contributed by atoms with Crippen LogP contribution in [0.25, 0.3) is 0 Å². The van der Waals surface area contributed by atoms with Crippen LogP contribution in [0.2, 0.25) is 0 Å². The van der Waals surface area contributed by atoms with Crippen molar-refractivity contribution < 1.29 is 37.4 Å². The molecule has 0 heterocycles. The summed E-state index contributed by atoms with van der Waals surface area (Å²) < 4.78 is 18.8. The molecular weight excluding hydrogens is 105 g/mol. The molecule has 0 aliphatic carbocycles. The molecule has 0 aromatic carbocycles. The first-order chi connectivity index (χ1) is 2.00. The van der Waals surface area contributed by atoms with Crippen molar-refractivity contribution in [3.63, 3.8) is 0 Å². The van der Waals surface area contributed by atoms with E-state index < -0.39 is 7.91 Å². The molecule has 6 heteroatoms. The van der Waals surface area contributed by atoms with Crippen LogP contribution in [0.1, 0.15) is 0 Å². The molecule has 0 spiro atoms. The molecule has 0 aliphatic heterocycles. The van der Waals surface area contributed by atoms with Gasteiger partial charge in [0, 0.05) is 0 Å². The van der Waals surface area contributed by atoms with Crippen LogP contribution in [-0.2, 0) is 4.57 Å². The zero-order valence-corrected chi connectivity index (χ0v) is 3.98. The van der Waals surface area contributed by atoms with Gasteiger partial charge in [-0.3, -0.25) is 4.57 Å². The third-order valence-corrected chi connectivity index (χ3v) is 0. The first-order valence-corrected chi connectivity index (χ1v) is 2.20. The topological polar surface area (TPSA) is 60.4 Å². The van der Waals surface area contributed by atoms with Crippen LogP contribution in [0.15, 0.2) is 0 Å². The van der Waals surface area contributed by atoms with Gasteiger partial charge in [0.15, 0.2) is 0 Å². The van der Waals surface area contributed by atoms with E-state index in [0.29, 0.717) is 0 Å². The van der Waals surface area contributed by atoms with E-state index in [4.69, 9.17) is 14.4 Å². The Morgan fingerprint density at radius 3 is 1.83 bits per heavy atom. The van der Waals surface area contributed by atoms with E-state index in [1.54, 1.807) is 0 Å². The Balaban J connectivity index is 0. The van der Waals surface area contributed by atoms with Crippen LogP contribution in [0.4, 0.5) is 4.20 Å². The smallest absolute Gasteiger partial charge is 0.753 e. The van der Waals surface area contributed by atoms with Gasteiger partial charge in [0.05, 0.1) is 0 Å². The normalized spacial score (nSPS) is 17.8. The summed E-state index contributed by atoms with van der Waals surface area (Å²) in [4.78, 5) is 15.4. The second kappa shape index (κ2) is 2.79. The van der Waals surface area contributed by atoms with Crippen LogP contribution in [0, 0.1) is 0 Å². The van der Waals surface area contributed by atoms with E-state index in [9.17, 15) is 4.20 Å². The first-order valence-electron chi connectivity index (χ1n) is 0.734. The summed E-state index contributed by atoms with van der Waals surface area (Å²) in [5, 5.41) is 0. The van der Waals surface area contributed by atoms with Gasteiger partial charge in [0.2, 0.25) is 0 Å². The Morgan fingerprint density at radius 1 is 1.83 bits per heavy atom. The summed E-state index contributed by atoms with van der Waals surface area (Å²) in [5.41, 5.74) is 0.